The minimum absolute atomic E-state index is 0.718. The van der Waals surface area contributed by atoms with E-state index in [0.717, 1.165) is 24.2 Å². The first-order valence-corrected chi connectivity index (χ1v) is 9.10. The van der Waals surface area contributed by atoms with Crippen molar-refractivity contribution in [1.29, 1.82) is 10.5 Å². The summed E-state index contributed by atoms with van der Waals surface area (Å²) < 4.78 is 4.30. The molecule has 2 heterocycles. The number of hydrogen-bond donors (Lipinski definition) is 0. The van der Waals surface area contributed by atoms with Crippen molar-refractivity contribution < 1.29 is 9.13 Å². The van der Waals surface area contributed by atoms with Crippen LogP contribution in [0.2, 0.25) is 0 Å². The van der Waals surface area contributed by atoms with Crippen LogP contribution in [0.5, 0.6) is 0 Å². The molecule has 2 aromatic rings. The molecule has 128 valence electrons. The van der Waals surface area contributed by atoms with E-state index < -0.39 is 0 Å². The van der Waals surface area contributed by atoms with E-state index in [1.54, 1.807) is 0 Å². The van der Waals surface area contributed by atoms with Gasteiger partial charge in [-0.15, -0.1) is 0 Å². The van der Waals surface area contributed by atoms with E-state index in [0.29, 0.717) is 0 Å². The van der Waals surface area contributed by atoms with E-state index in [9.17, 15) is 0 Å². The van der Waals surface area contributed by atoms with Gasteiger partial charge in [0.05, 0.1) is 23.3 Å². The molecule has 0 amide bonds. The Morgan fingerprint density at radius 1 is 0.560 bits per heavy atom. The summed E-state index contributed by atoms with van der Waals surface area (Å²) >= 11 is 0. The molecular weight excluding hydrogens is 308 g/mol. The lowest BCUT2D eigenvalue weighted by Crippen LogP contribution is -2.32. The van der Waals surface area contributed by atoms with Crippen molar-refractivity contribution in [2.45, 2.75) is 58.0 Å². The molecule has 2 aromatic heterocycles. The Morgan fingerprint density at radius 3 is 1.20 bits per heavy atom. The molecule has 0 atom stereocenters. The van der Waals surface area contributed by atoms with Gasteiger partial charge >= 0.3 is 0 Å². The first-order valence-electron chi connectivity index (χ1n) is 9.10. The van der Waals surface area contributed by atoms with Crippen LogP contribution in [-0.2, 0) is 13.1 Å². The molecular formula is C21H26N4+2. The predicted molar refractivity (Wildman–Crippen MR) is 95.0 cm³/mol. The second-order valence-electron chi connectivity index (χ2n) is 6.35. The fourth-order valence-corrected chi connectivity index (χ4v) is 2.83. The van der Waals surface area contributed by atoms with E-state index in [1.165, 1.54) is 44.9 Å². The fraction of sp³-hybridized carbons (Fsp3) is 0.429. The molecule has 4 heteroatoms. The number of hydrogen-bond acceptors (Lipinski definition) is 2. The number of aromatic nitrogens is 2. The molecule has 0 spiro atoms. The molecule has 0 fully saturated rings. The number of aryl methyl sites for hydroxylation is 2. The zero-order chi connectivity index (χ0) is 17.7. The van der Waals surface area contributed by atoms with Crippen LogP contribution in [0.3, 0.4) is 0 Å². The molecule has 0 saturated carbocycles. The number of pyridine rings is 2. The highest BCUT2D eigenvalue weighted by atomic mass is 14.9. The van der Waals surface area contributed by atoms with Gasteiger partial charge < -0.3 is 0 Å². The van der Waals surface area contributed by atoms with E-state index in [2.05, 4.69) is 21.3 Å². The summed E-state index contributed by atoms with van der Waals surface area (Å²) in [5, 5.41) is 17.6. The van der Waals surface area contributed by atoms with Crippen molar-refractivity contribution in [2.75, 3.05) is 0 Å². The first kappa shape index (κ1) is 18.6. The molecule has 0 aliphatic carbocycles. The summed E-state index contributed by atoms with van der Waals surface area (Å²) in [5.74, 6) is 0. The van der Waals surface area contributed by atoms with Crippen LogP contribution in [-0.4, -0.2) is 0 Å². The normalized spacial score (nSPS) is 10.2. The summed E-state index contributed by atoms with van der Waals surface area (Å²) in [4.78, 5) is 0. The van der Waals surface area contributed by atoms with Gasteiger partial charge in [-0.1, -0.05) is 19.3 Å². The van der Waals surface area contributed by atoms with Gasteiger partial charge in [0.15, 0.2) is 24.8 Å². The Balaban J connectivity index is 1.46. The summed E-state index contributed by atoms with van der Waals surface area (Å²) in [6.07, 6.45) is 16.7. The Labute approximate surface area is 150 Å². The average Bonchev–Trinajstić information content (AvgIpc) is 2.67. The standard InChI is InChI=1S/C21H26N4/c22-18-20-8-14-24(15-9-20)12-6-4-2-1-3-5-7-13-25-16-10-21(19-23)11-17-25/h8-11,14-17H,1-7,12-13H2/q+2. The highest BCUT2D eigenvalue weighted by molar-refractivity contribution is 5.24. The van der Waals surface area contributed by atoms with Gasteiger partial charge in [0.25, 0.3) is 0 Å². The lowest BCUT2D eigenvalue weighted by atomic mass is 10.1. The molecule has 0 saturated heterocycles. The van der Waals surface area contributed by atoms with E-state index >= 15 is 0 Å². The Morgan fingerprint density at radius 2 is 0.880 bits per heavy atom. The second-order valence-corrected chi connectivity index (χ2v) is 6.35. The predicted octanol–water partition coefficient (Wildman–Crippen LogP) is 3.44. The van der Waals surface area contributed by atoms with Crippen molar-refractivity contribution in [3.05, 3.63) is 60.2 Å². The maximum absolute atomic E-state index is 8.78. The quantitative estimate of drug-likeness (QED) is 0.494. The Kier molecular flexibility index (Phi) is 8.15. The van der Waals surface area contributed by atoms with Crippen LogP contribution in [0.15, 0.2) is 49.1 Å². The average molecular weight is 334 g/mol. The maximum atomic E-state index is 8.78. The SMILES string of the molecule is N#Cc1cc[n+](CCCCCCCCC[n+]2ccc(C#N)cc2)cc1. The van der Waals surface area contributed by atoms with Crippen molar-refractivity contribution in [2.24, 2.45) is 0 Å². The van der Waals surface area contributed by atoms with Crippen molar-refractivity contribution in [3.8, 4) is 12.1 Å². The molecule has 2 rings (SSSR count). The largest absolute Gasteiger partial charge is 0.205 e. The van der Waals surface area contributed by atoms with Crippen LogP contribution in [0, 0.1) is 22.7 Å². The zero-order valence-corrected chi connectivity index (χ0v) is 14.8. The van der Waals surface area contributed by atoms with E-state index in [4.69, 9.17) is 10.5 Å². The number of rotatable bonds is 10. The zero-order valence-electron chi connectivity index (χ0n) is 14.8. The highest BCUT2D eigenvalue weighted by Gasteiger charge is 2.02. The van der Waals surface area contributed by atoms with Crippen molar-refractivity contribution in [1.82, 2.24) is 0 Å². The Bertz CT molecular complexity index is 642. The molecule has 0 bridgehead atoms. The lowest BCUT2D eigenvalue weighted by Gasteiger charge is -2.01. The summed E-state index contributed by atoms with van der Waals surface area (Å²) in [6.45, 7) is 2.06. The second kappa shape index (κ2) is 10.9. The smallest absolute Gasteiger partial charge is 0.170 e. The number of unbranched alkanes of at least 4 members (excludes halogenated alkanes) is 6. The lowest BCUT2D eigenvalue weighted by molar-refractivity contribution is -0.697. The third kappa shape index (κ3) is 7.14. The molecule has 25 heavy (non-hydrogen) atoms. The summed E-state index contributed by atoms with van der Waals surface area (Å²) in [6, 6.07) is 11.8. The van der Waals surface area contributed by atoms with E-state index in [-0.39, 0.29) is 0 Å². The molecule has 0 aromatic carbocycles. The molecule has 0 unspecified atom stereocenters. The number of nitriles is 2. The van der Waals surface area contributed by atoms with Gasteiger partial charge in [-0.3, -0.25) is 0 Å². The van der Waals surface area contributed by atoms with Gasteiger partial charge in [0.2, 0.25) is 0 Å². The first-order chi connectivity index (χ1) is 12.3. The molecule has 0 radical (unpaired) electrons. The van der Waals surface area contributed by atoms with Crippen LogP contribution in [0.1, 0.15) is 56.1 Å². The molecule has 0 aliphatic rings. The van der Waals surface area contributed by atoms with Crippen LogP contribution in [0.25, 0.3) is 0 Å². The van der Waals surface area contributed by atoms with Crippen molar-refractivity contribution in [3.63, 3.8) is 0 Å². The monoisotopic (exact) mass is 334 g/mol. The third-order valence-electron chi connectivity index (χ3n) is 4.37. The van der Waals surface area contributed by atoms with Crippen LogP contribution in [0.4, 0.5) is 0 Å². The van der Waals surface area contributed by atoms with Gasteiger partial charge in [0.1, 0.15) is 13.1 Å². The Hall–Kier alpha value is -2.72. The van der Waals surface area contributed by atoms with E-state index in [1.807, 2.05) is 49.1 Å². The minimum Gasteiger partial charge on any atom is -0.205 e. The van der Waals surface area contributed by atoms with Gasteiger partial charge in [-0.25, -0.2) is 9.13 Å². The van der Waals surface area contributed by atoms with Crippen LogP contribution < -0.4 is 9.13 Å². The third-order valence-corrected chi connectivity index (χ3v) is 4.37. The van der Waals surface area contributed by atoms with Crippen molar-refractivity contribution >= 4 is 0 Å². The number of nitrogens with zero attached hydrogens (tertiary/aromatic N) is 4. The van der Waals surface area contributed by atoms with Gasteiger partial charge in [-0.05, 0) is 12.8 Å². The molecule has 4 nitrogen and oxygen atoms in total. The summed E-state index contributed by atoms with van der Waals surface area (Å²) in [5.41, 5.74) is 1.44. The highest BCUT2D eigenvalue weighted by Crippen LogP contribution is 2.07. The van der Waals surface area contributed by atoms with Crippen LogP contribution >= 0.6 is 0 Å². The van der Waals surface area contributed by atoms with Gasteiger partial charge in [-0.2, -0.15) is 10.5 Å². The molecule has 0 aliphatic heterocycles. The maximum Gasteiger partial charge on any atom is 0.170 e. The summed E-state index contributed by atoms with van der Waals surface area (Å²) in [7, 11) is 0. The molecule has 0 N–H and O–H groups in total. The topological polar surface area (TPSA) is 55.3 Å². The minimum atomic E-state index is 0.718. The fourth-order valence-electron chi connectivity index (χ4n) is 2.83. The van der Waals surface area contributed by atoms with Gasteiger partial charge in [0, 0.05) is 37.1 Å².